The molecule has 8 heavy (non-hydrogen) atoms. The van der Waals surface area contributed by atoms with E-state index in [9.17, 15) is 4.79 Å². The Labute approximate surface area is 48.9 Å². The first-order valence-corrected chi connectivity index (χ1v) is 2.50. The van der Waals surface area contributed by atoms with Gasteiger partial charge in [-0.2, -0.15) is 0 Å². The van der Waals surface area contributed by atoms with Crippen molar-refractivity contribution in [3.05, 3.63) is 0 Å². The summed E-state index contributed by atoms with van der Waals surface area (Å²) in [7, 11) is 1.63. The molecule has 0 spiro atoms. The summed E-state index contributed by atoms with van der Waals surface area (Å²) in [4.78, 5) is 11.3. The molecule has 1 N–H and O–H groups in total. The summed E-state index contributed by atoms with van der Waals surface area (Å²) < 4.78 is 0. The second-order valence-corrected chi connectivity index (χ2v) is 1.80. The van der Waals surface area contributed by atoms with Crippen molar-refractivity contribution in [3.63, 3.8) is 0 Å². The largest absolute Gasteiger partial charge is 0.394 e. The third-order valence-electron chi connectivity index (χ3n) is 1.13. The number of carbonyl (C=O) groups is 1. The maximum atomic E-state index is 9.92. The van der Waals surface area contributed by atoms with Crippen LogP contribution in [0.2, 0.25) is 0 Å². The number of likely N-dealkylation sites (N-methyl/N-ethyl adjacent to an activating group) is 1. The number of nitrogens with zero attached hydrogens (tertiary/aromatic N) is 1. The minimum atomic E-state index is -0.0625. The Morgan fingerprint density at radius 1 is 1.88 bits per heavy atom. The molecule has 0 unspecified atom stereocenters. The second kappa shape index (κ2) is 3.43. The van der Waals surface area contributed by atoms with E-state index < -0.39 is 0 Å². The van der Waals surface area contributed by atoms with Crippen LogP contribution in [0.15, 0.2) is 0 Å². The van der Waals surface area contributed by atoms with E-state index in [-0.39, 0.29) is 12.6 Å². The van der Waals surface area contributed by atoms with E-state index in [1.807, 2.05) is 0 Å². The third-order valence-corrected chi connectivity index (χ3v) is 1.13. The first-order chi connectivity index (χ1) is 3.72. The van der Waals surface area contributed by atoms with Gasteiger partial charge in [0, 0.05) is 7.05 Å². The molecule has 48 valence electrons. The van der Waals surface area contributed by atoms with Crippen molar-refractivity contribution in [1.29, 1.82) is 0 Å². The Bertz CT molecular complexity index is 74.8. The number of aliphatic hydroxyl groups is 1. The SMILES string of the molecule is C[C@H](CO)N(C)C=O. The Kier molecular flexibility index (Phi) is 3.19. The molecule has 0 rings (SSSR count). The predicted octanol–water partition coefficient (Wildman–Crippen LogP) is -0.545. The Morgan fingerprint density at radius 3 is 2.50 bits per heavy atom. The lowest BCUT2D eigenvalue weighted by atomic mass is 10.3. The van der Waals surface area contributed by atoms with E-state index >= 15 is 0 Å². The monoisotopic (exact) mass is 117 g/mol. The highest BCUT2D eigenvalue weighted by molar-refractivity contribution is 5.46. The highest BCUT2D eigenvalue weighted by Crippen LogP contribution is 1.86. The molecule has 0 aliphatic rings. The van der Waals surface area contributed by atoms with Crippen LogP contribution in [0.1, 0.15) is 6.92 Å². The molecule has 0 aliphatic carbocycles. The normalized spacial score (nSPS) is 12.9. The van der Waals surface area contributed by atoms with Crippen LogP contribution >= 0.6 is 0 Å². The number of amides is 1. The lowest BCUT2D eigenvalue weighted by Crippen LogP contribution is -2.30. The maximum absolute atomic E-state index is 9.92. The van der Waals surface area contributed by atoms with Crippen LogP contribution < -0.4 is 0 Å². The quantitative estimate of drug-likeness (QED) is 0.504. The summed E-state index contributed by atoms with van der Waals surface area (Å²) in [5.74, 6) is 0. The molecule has 0 aromatic carbocycles. The van der Waals surface area contributed by atoms with Crippen LogP contribution in [-0.2, 0) is 4.79 Å². The van der Waals surface area contributed by atoms with Crippen LogP contribution in [0, 0.1) is 0 Å². The van der Waals surface area contributed by atoms with Crippen molar-refractivity contribution in [2.24, 2.45) is 0 Å². The minimum Gasteiger partial charge on any atom is -0.394 e. The van der Waals surface area contributed by atoms with Gasteiger partial charge < -0.3 is 10.0 Å². The Morgan fingerprint density at radius 2 is 2.38 bits per heavy atom. The fourth-order valence-electron chi connectivity index (χ4n) is 0.233. The predicted molar refractivity (Wildman–Crippen MR) is 30.4 cm³/mol. The average Bonchev–Trinajstić information content (AvgIpc) is 1.84. The van der Waals surface area contributed by atoms with Crippen LogP contribution in [0.3, 0.4) is 0 Å². The number of hydrogen-bond acceptors (Lipinski definition) is 2. The summed E-state index contributed by atoms with van der Waals surface area (Å²) in [6.07, 6.45) is 0.695. The fraction of sp³-hybridized carbons (Fsp3) is 0.800. The number of rotatable bonds is 3. The average molecular weight is 117 g/mol. The Hall–Kier alpha value is -0.570. The van der Waals surface area contributed by atoms with Gasteiger partial charge in [0.15, 0.2) is 0 Å². The standard InChI is InChI=1S/C5H11NO2/c1-5(3-7)6(2)4-8/h4-5,7H,3H2,1-2H3/t5-/m1/s1. The molecule has 0 aliphatic heterocycles. The van der Waals surface area contributed by atoms with E-state index in [1.54, 1.807) is 14.0 Å². The number of carbonyl (C=O) groups excluding carboxylic acids is 1. The van der Waals surface area contributed by atoms with Crippen molar-refractivity contribution in [2.45, 2.75) is 13.0 Å². The zero-order valence-electron chi connectivity index (χ0n) is 5.16. The molecule has 0 fully saturated rings. The summed E-state index contributed by atoms with van der Waals surface area (Å²) in [6.45, 7) is 1.80. The molecule has 0 aromatic rings. The smallest absolute Gasteiger partial charge is 0.209 e. The van der Waals surface area contributed by atoms with Crippen LogP contribution in [-0.4, -0.2) is 36.1 Å². The van der Waals surface area contributed by atoms with Crippen molar-refractivity contribution in [1.82, 2.24) is 4.90 Å². The highest BCUT2D eigenvalue weighted by Gasteiger charge is 2.01. The van der Waals surface area contributed by atoms with Crippen molar-refractivity contribution >= 4 is 6.41 Å². The molecule has 0 aromatic heterocycles. The molecule has 3 nitrogen and oxygen atoms in total. The summed E-state index contributed by atoms with van der Waals surface area (Å²) in [5, 5.41) is 8.44. The third kappa shape index (κ3) is 1.93. The van der Waals surface area contributed by atoms with E-state index in [0.717, 1.165) is 0 Å². The number of aliphatic hydroxyl groups excluding tert-OH is 1. The molecule has 0 saturated carbocycles. The molecular weight excluding hydrogens is 106 g/mol. The summed E-state index contributed by atoms with van der Waals surface area (Å²) >= 11 is 0. The molecular formula is C5H11NO2. The molecule has 0 bridgehead atoms. The van der Waals surface area contributed by atoms with E-state index in [4.69, 9.17) is 5.11 Å². The molecule has 1 atom stereocenters. The van der Waals surface area contributed by atoms with Gasteiger partial charge in [-0.25, -0.2) is 0 Å². The van der Waals surface area contributed by atoms with Gasteiger partial charge in [-0.05, 0) is 6.92 Å². The van der Waals surface area contributed by atoms with Gasteiger partial charge in [0.1, 0.15) is 0 Å². The second-order valence-electron chi connectivity index (χ2n) is 1.80. The summed E-state index contributed by atoms with van der Waals surface area (Å²) in [5.41, 5.74) is 0. The summed E-state index contributed by atoms with van der Waals surface area (Å²) in [6, 6.07) is -0.0625. The molecule has 0 saturated heterocycles. The van der Waals surface area contributed by atoms with Crippen LogP contribution in [0.5, 0.6) is 0 Å². The topological polar surface area (TPSA) is 40.5 Å². The van der Waals surface area contributed by atoms with Gasteiger partial charge in [-0.15, -0.1) is 0 Å². The Balaban J connectivity index is 3.44. The van der Waals surface area contributed by atoms with Gasteiger partial charge in [-0.3, -0.25) is 4.79 Å². The number of hydrogen-bond donors (Lipinski definition) is 1. The zero-order chi connectivity index (χ0) is 6.57. The molecule has 0 heterocycles. The van der Waals surface area contributed by atoms with E-state index in [1.165, 1.54) is 4.90 Å². The minimum absolute atomic E-state index is 0.0231. The van der Waals surface area contributed by atoms with E-state index in [0.29, 0.717) is 6.41 Å². The maximum Gasteiger partial charge on any atom is 0.209 e. The molecule has 0 radical (unpaired) electrons. The van der Waals surface area contributed by atoms with Gasteiger partial charge in [-0.1, -0.05) is 0 Å². The van der Waals surface area contributed by atoms with E-state index in [2.05, 4.69) is 0 Å². The molecule has 1 amide bonds. The lowest BCUT2D eigenvalue weighted by molar-refractivity contribution is -0.119. The van der Waals surface area contributed by atoms with Crippen molar-refractivity contribution in [3.8, 4) is 0 Å². The highest BCUT2D eigenvalue weighted by atomic mass is 16.3. The van der Waals surface area contributed by atoms with Gasteiger partial charge >= 0.3 is 0 Å². The van der Waals surface area contributed by atoms with Gasteiger partial charge in [0.2, 0.25) is 6.41 Å². The van der Waals surface area contributed by atoms with Crippen molar-refractivity contribution < 1.29 is 9.90 Å². The van der Waals surface area contributed by atoms with Gasteiger partial charge in [0.25, 0.3) is 0 Å². The van der Waals surface area contributed by atoms with Crippen molar-refractivity contribution in [2.75, 3.05) is 13.7 Å². The lowest BCUT2D eigenvalue weighted by Gasteiger charge is -2.16. The van der Waals surface area contributed by atoms with Gasteiger partial charge in [0.05, 0.1) is 12.6 Å². The fourth-order valence-corrected chi connectivity index (χ4v) is 0.233. The zero-order valence-corrected chi connectivity index (χ0v) is 5.16. The van der Waals surface area contributed by atoms with Crippen LogP contribution in [0.25, 0.3) is 0 Å². The first-order valence-electron chi connectivity index (χ1n) is 2.50. The van der Waals surface area contributed by atoms with Crippen LogP contribution in [0.4, 0.5) is 0 Å². The molecule has 3 heteroatoms. The first kappa shape index (κ1) is 7.43.